The summed E-state index contributed by atoms with van der Waals surface area (Å²) in [5, 5.41) is 36.5. The van der Waals surface area contributed by atoms with Crippen LogP contribution in [0.25, 0.3) is 0 Å². The second kappa shape index (κ2) is 4.20. The quantitative estimate of drug-likeness (QED) is 0.338. The van der Waals surface area contributed by atoms with Crippen LogP contribution in [0.2, 0.25) is 0 Å². The van der Waals surface area contributed by atoms with Crippen molar-refractivity contribution in [1.82, 2.24) is 0 Å². The number of esters is 1. The lowest BCUT2D eigenvalue weighted by atomic mass is 9.99. The van der Waals surface area contributed by atoms with E-state index in [4.69, 9.17) is 10.2 Å². The van der Waals surface area contributed by atoms with Gasteiger partial charge in [0.1, 0.15) is 18.3 Å². The number of ether oxygens (including phenoxy) is 2. The molecule has 0 saturated carbocycles. The van der Waals surface area contributed by atoms with Crippen LogP contribution in [0.5, 0.6) is 0 Å². The van der Waals surface area contributed by atoms with Crippen molar-refractivity contribution in [3.05, 3.63) is 0 Å². The first-order chi connectivity index (χ1) is 6.49. The Kier molecular flexibility index (Phi) is 3.40. The average molecular weight is 208 g/mol. The zero-order valence-corrected chi connectivity index (χ0v) is 7.40. The van der Waals surface area contributed by atoms with Gasteiger partial charge < -0.3 is 29.9 Å². The second-order valence-electron chi connectivity index (χ2n) is 2.94. The minimum atomic E-state index is -1.72. The lowest BCUT2D eigenvalue weighted by Gasteiger charge is -2.36. The van der Waals surface area contributed by atoms with E-state index in [1.54, 1.807) is 0 Å². The summed E-state index contributed by atoms with van der Waals surface area (Å²) in [6.07, 6.45) is -8.14. The van der Waals surface area contributed by atoms with Crippen molar-refractivity contribution in [3.63, 3.8) is 0 Å². The molecule has 0 aromatic heterocycles. The van der Waals surface area contributed by atoms with Crippen LogP contribution in [0.15, 0.2) is 0 Å². The van der Waals surface area contributed by atoms with Gasteiger partial charge in [-0.2, -0.15) is 0 Å². The van der Waals surface area contributed by atoms with Crippen molar-refractivity contribution in [3.8, 4) is 0 Å². The lowest BCUT2D eigenvalue weighted by molar-refractivity contribution is -0.280. The largest absolute Gasteiger partial charge is 0.467 e. The molecule has 0 aromatic carbocycles. The van der Waals surface area contributed by atoms with E-state index < -0.39 is 36.7 Å². The Morgan fingerprint density at radius 2 is 1.71 bits per heavy atom. The molecule has 2 unspecified atom stereocenters. The third kappa shape index (κ3) is 1.86. The molecule has 7 heteroatoms. The summed E-state index contributed by atoms with van der Waals surface area (Å²) in [4.78, 5) is 11.0. The number of hydrogen-bond acceptors (Lipinski definition) is 7. The third-order valence-corrected chi connectivity index (χ3v) is 2.02. The van der Waals surface area contributed by atoms with E-state index in [1.165, 1.54) is 0 Å². The normalized spacial score (nSPS) is 43.4. The van der Waals surface area contributed by atoms with Crippen molar-refractivity contribution in [2.24, 2.45) is 0 Å². The summed E-state index contributed by atoms with van der Waals surface area (Å²) in [5.41, 5.74) is 0. The molecule has 0 spiro atoms. The first-order valence-corrected chi connectivity index (χ1v) is 3.94. The molecule has 0 bridgehead atoms. The predicted octanol–water partition coefficient (Wildman–Crippen LogP) is -3.04. The van der Waals surface area contributed by atoms with Gasteiger partial charge in [0, 0.05) is 0 Å². The molecule has 5 atom stereocenters. The smallest absolute Gasteiger partial charge is 0.337 e. The number of aliphatic hydroxyl groups excluding tert-OH is 4. The van der Waals surface area contributed by atoms with Crippen molar-refractivity contribution in [2.75, 3.05) is 7.11 Å². The molecule has 4 N–H and O–H groups in total. The van der Waals surface area contributed by atoms with Gasteiger partial charge in [-0.1, -0.05) is 0 Å². The number of rotatable bonds is 1. The predicted molar refractivity (Wildman–Crippen MR) is 40.9 cm³/mol. The van der Waals surface area contributed by atoms with Crippen molar-refractivity contribution < 1.29 is 34.7 Å². The minimum Gasteiger partial charge on any atom is -0.467 e. The second-order valence-corrected chi connectivity index (χ2v) is 2.94. The first kappa shape index (κ1) is 11.3. The van der Waals surface area contributed by atoms with Crippen LogP contribution in [0, 0.1) is 0 Å². The maximum absolute atomic E-state index is 11.0. The molecule has 1 fully saturated rings. The fourth-order valence-electron chi connectivity index (χ4n) is 1.17. The highest BCUT2D eigenvalue weighted by Gasteiger charge is 2.46. The highest BCUT2D eigenvalue weighted by atomic mass is 16.7. The molecule has 1 heterocycles. The number of carbonyl (C=O) groups is 1. The van der Waals surface area contributed by atoms with Gasteiger partial charge in [-0.25, -0.2) is 4.79 Å². The zero-order valence-electron chi connectivity index (χ0n) is 7.40. The highest BCUT2D eigenvalue weighted by molar-refractivity contribution is 5.75. The number of methoxy groups -OCH3 is 1. The van der Waals surface area contributed by atoms with Gasteiger partial charge in [-0.15, -0.1) is 0 Å². The summed E-state index contributed by atoms with van der Waals surface area (Å²) in [6.45, 7) is 0. The third-order valence-electron chi connectivity index (χ3n) is 2.02. The Labute approximate surface area is 79.5 Å². The van der Waals surface area contributed by atoms with Gasteiger partial charge in [0.15, 0.2) is 12.4 Å². The van der Waals surface area contributed by atoms with Gasteiger partial charge in [-0.05, 0) is 0 Å². The Morgan fingerprint density at radius 3 is 2.21 bits per heavy atom. The summed E-state index contributed by atoms with van der Waals surface area (Å²) in [7, 11) is 1.07. The summed E-state index contributed by atoms with van der Waals surface area (Å²) in [6, 6.07) is 0. The molecule has 1 aliphatic rings. The Bertz CT molecular complexity index is 218. The van der Waals surface area contributed by atoms with Crippen molar-refractivity contribution in [2.45, 2.75) is 30.7 Å². The Morgan fingerprint density at radius 1 is 1.14 bits per heavy atom. The SMILES string of the molecule is COC(=O)C1O[C@@H](O)C(O)[C@H](O)[C@@H]1O. The van der Waals surface area contributed by atoms with Gasteiger partial charge in [0.05, 0.1) is 7.11 Å². The van der Waals surface area contributed by atoms with E-state index in [-0.39, 0.29) is 0 Å². The van der Waals surface area contributed by atoms with Crippen LogP contribution in [-0.2, 0) is 14.3 Å². The van der Waals surface area contributed by atoms with Crippen LogP contribution in [0.3, 0.4) is 0 Å². The van der Waals surface area contributed by atoms with E-state index in [2.05, 4.69) is 9.47 Å². The zero-order chi connectivity index (χ0) is 10.9. The fourth-order valence-corrected chi connectivity index (χ4v) is 1.17. The summed E-state index contributed by atoms with van der Waals surface area (Å²) >= 11 is 0. The van der Waals surface area contributed by atoms with Gasteiger partial charge in [-0.3, -0.25) is 0 Å². The first-order valence-electron chi connectivity index (χ1n) is 3.94. The van der Waals surface area contributed by atoms with Crippen LogP contribution < -0.4 is 0 Å². The number of carbonyl (C=O) groups excluding carboxylic acids is 1. The number of hydrogen-bond donors (Lipinski definition) is 4. The van der Waals surface area contributed by atoms with E-state index in [0.29, 0.717) is 0 Å². The Hall–Kier alpha value is -0.730. The molecule has 7 nitrogen and oxygen atoms in total. The average Bonchev–Trinajstić information content (AvgIpc) is 2.19. The van der Waals surface area contributed by atoms with Gasteiger partial charge >= 0.3 is 5.97 Å². The van der Waals surface area contributed by atoms with Gasteiger partial charge in [0.25, 0.3) is 0 Å². The van der Waals surface area contributed by atoms with Crippen LogP contribution in [0.1, 0.15) is 0 Å². The van der Waals surface area contributed by atoms with Crippen LogP contribution in [-0.4, -0.2) is 64.2 Å². The van der Waals surface area contributed by atoms with Crippen molar-refractivity contribution >= 4 is 5.97 Å². The molecular formula is C7H12O7. The molecule has 1 aliphatic heterocycles. The lowest BCUT2D eigenvalue weighted by Crippen LogP contribution is -2.59. The molecule has 0 radical (unpaired) electrons. The highest BCUT2D eigenvalue weighted by Crippen LogP contribution is 2.20. The molecule has 0 aromatic rings. The maximum atomic E-state index is 11.0. The minimum absolute atomic E-state index is 0.928. The van der Waals surface area contributed by atoms with Crippen LogP contribution in [0.4, 0.5) is 0 Å². The molecule has 14 heavy (non-hydrogen) atoms. The van der Waals surface area contributed by atoms with E-state index >= 15 is 0 Å². The van der Waals surface area contributed by atoms with E-state index in [0.717, 1.165) is 7.11 Å². The topological polar surface area (TPSA) is 116 Å². The Balaban J connectivity index is 2.75. The van der Waals surface area contributed by atoms with Crippen molar-refractivity contribution in [1.29, 1.82) is 0 Å². The summed E-state index contributed by atoms with van der Waals surface area (Å²) < 4.78 is 8.82. The maximum Gasteiger partial charge on any atom is 0.337 e. The van der Waals surface area contributed by atoms with E-state index in [9.17, 15) is 15.0 Å². The van der Waals surface area contributed by atoms with Gasteiger partial charge in [0.2, 0.25) is 0 Å². The monoisotopic (exact) mass is 208 g/mol. The standard InChI is InChI=1S/C7H12O7/c1-13-7(12)5-3(9)2(8)4(10)6(11)14-5/h2-6,8-11H,1H3/t2-,3+,4?,5?,6-/m1/s1. The molecule has 82 valence electrons. The molecule has 0 amide bonds. The van der Waals surface area contributed by atoms with Crippen LogP contribution >= 0.6 is 0 Å². The fraction of sp³-hybridized carbons (Fsp3) is 0.857. The molecule has 0 aliphatic carbocycles. The molecule has 1 rings (SSSR count). The van der Waals surface area contributed by atoms with E-state index in [1.807, 2.05) is 0 Å². The molecule has 1 saturated heterocycles. The molecular weight excluding hydrogens is 196 g/mol. The number of aliphatic hydroxyl groups is 4. The summed E-state index contributed by atoms with van der Waals surface area (Å²) in [5.74, 6) is -0.928.